The van der Waals surface area contributed by atoms with Crippen molar-refractivity contribution in [2.45, 2.75) is 12.8 Å². The summed E-state index contributed by atoms with van der Waals surface area (Å²) in [5.41, 5.74) is 5.01. The van der Waals surface area contributed by atoms with E-state index in [1.165, 1.54) is 6.07 Å². The van der Waals surface area contributed by atoms with Crippen molar-refractivity contribution >= 4 is 27.7 Å². The summed E-state index contributed by atoms with van der Waals surface area (Å²) in [6.07, 6.45) is -3.10. The molecule has 0 unspecified atom stereocenters. The third kappa shape index (κ3) is 2.85. The Balaban J connectivity index is 3.13. The van der Waals surface area contributed by atoms with E-state index in [2.05, 4.69) is 20.9 Å². The number of carboxylic acids is 1. The van der Waals surface area contributed by atoms with Gasteiger partial charge in [-0.3, -0.25) is 4.79 Å². The van der Waals surface area contributed by atoms with Gasteiger partial charge in [-0.1, -0.05) is 15.9 Å². The van der Waals surface area contributed by atoms with E-state index >= 15 is 0 Å². The fraction of sp³-hybridized carbons (Fsp3) is 0.250. The number of carbonyl (C=O) groups is 1. The molecule has 0 aliphatic heterocycles. The van der Waals surface area contributed by atoms with Crippen LogP contribution in [-0.4, -0.2) is 16.1 Å². The van der Waals surface area contributed by atoms with E-state index in [0.717, 1.165) is 0 Å². The predicted molar refractivity (Wildman–Crippen MR) is 52.6 cm³/mol. The van der Waals surface area contributed by atoms with Crippen LogP contribution in [-0.2, 0) is 11.2 Å². The largest absolute Gasteiger partial charge is 0.481 e. The van der Waals surface area contributed by atoms with Crippen LogP contribution >= 0.6 is 15.9 Å². The van der Waals surface area contributed by atoms with E-state index in [1.54, 1.807) is 0 Å². The monoisotopic (exact) mass is 280 g/mol. The maximum atomic E-state index is 12.4. The van der Waals surface area contributed by atoms with Crippen molar-refractivity contribution in [3.05, 3.63) is 21.8 Å². The van der Waals surface area contributed by atoms with Crippen LogP contribution in [0.5, 0.6) is 0 Å². The van der Waals surface area contributed by atoms with E-state index in [4.69, 9.17) is 10.8 Å². The van der Waals surface area contributed by atoms with Crippen molar-refractivity contribution in [3.8, 4) is 0 Å². The molecule has 1 aromatic rings. The molecule has 82 valence electrons. The highest BCUT2D eigenvalue weighted by molar-refractivity contribution is 9.10. The summed E-state index contributed by atoms with van der Waals surface area (Å²) < 4.78 is 24.9. The molecule has 7 heteroatoms. The molecule has 1 rings (SSSR count). The van der Waals surface area contributed by atoms with Crippen molar-refractivity contribution in [1.82, 2.24) is 4.98 Å². The lowest BCUT2D eigenvalue weighted by Gasteiger charge is -2.08. The number of pyridine rings is 1. The number of aromatic nitrogens is 1. The van der Waals surface area contributed by atoms with E-state index in [1.807, 2.05) is 0 Å². The summed E-state index contributed by atoms with van der Waals surface area (Å²) >= 11 is 2.90. The number of nitrogens with zero attached hydrogens (tertiary/aromatic N) is 1. The van der Waals surface area contributed by atoms with Crippen LogP contribution in [0.2, 0.25) is 0 Å². The first-order chi connectivity index (χ1) is 6.91. The van der Waals surface area contributed by atoms with E-state index in [0.29, 0.717) is 0 Å². The minimum atomic E-state index is -2.74. The van der Waals surface area contributed by atoms with Crippen LogP contribution in [0.4, 0.5) is 14.6 Å². The summed E-state index contributed by atoms with van der Waals surface area (Å²) in [6.45, 7) is 0. The van der Waals surface area contributed by atoms with E-state index in [9.17, 15) is 13.6 Å². The number of anilines is 1. The van der Waals surface area contributed by atoms with Gasteiger partial charge in [0.2, 0.25) is 0 Å². The second-order valence-corrected chi connectivity index (χ2v) is 3.62. The van der Waals surface area contributed by atoms with Gasteiger partial charge in [0, 0.05) is 4.47 Å². The van der Waals surface area contributed by atoms with Gasteiger partial charge in [0.25, 0.3) is 6.43 Å². The number of rotatable bonds is 3. The second-order valence-electron chi connectivity index (χ2n) is 2.77. The molecular weight excluding hydrogens is 274 g/mol. The molecule has 0 fully saturated rings. The van der Waals surface area contributed by atoms with Gasteiger partial charge in [-0.2, -0.15) is 0 Å². The van der Waals surface area contributed by atoms with Gasteiger partial charge in [-0.05, 0) is 6.07 Å². The first kappa shape index (κ1) is 11.8. The molecular formula is C8H7BrF2N2O2. The Morgan fingerprint density at radius 1 is 1.67 bits per heavy atom. The summed E-state index contributed by atoms with van der Waals surface area (Å²) in [6, 6.07) is 1.23. The van der Waals surface area contributed by atoms with Crippen LogP contribution in [0.15, 0.2) is 10.5 Å². The number of halogens is 3. The maximum absolute atomic E-state index is 12.4. The van der Waals surface area contributed by atoms with Gasteiger partial charge in [0.15, 0.2) is 0 Å². The molecule has 1 aromatic heterocycles. The molecule has 0 spiro atoms. The molecule has 0 aromatic carbocycles. The topological polar surface area (TPSA) is 76.2 Å². The molecule has 1 heterocycles. The number of hydrogen-bond donors (Lipinski definition) is 2. The highest BCUT2D eigenvalue weighted by Gasteiger charge is 2.18. The summed E-state index contributed by atoms with van der Waals surface area (Å²) in [4.78, 5) is 13.9. The highest BCUT2D eigenvalue weighted by Crippen LogP contribution is 2.31. The SMILES string of the molecule is Nc1nc(CC(=O)O)cc(Br)c1C(F)F. The molecule has 0 aliphatic carbocycles. The Morgan fingerprint density at radius 2 is 2.27 bits per heavy atom. The fourth-order valence-electron chi connectivity index (χ4n) is 1.06. The number of carboxylic acid groups (broad SMARTS) is 1. The zero-order valence-corrected chi connectivity index (χ0v) is 8.96. The zero-order chi connectivity index (χ0) is 11.6. The molecule has 0 saturated carbocycles. The normalized spacial score (nSPS) is 10.7. The van der Waals surface area contributed by atoms with Crippen LogP contribution in [0.3, 0.4) is 0 Å². The van der Waals surface area contributed by atoms with Crippen LogP contribution in [0.1, 0.15) is 17.7 Å². The van der Waals surface area contributed by atoms with E-state index < -0.39 is 18.0 Å². The number of nitrogen functional groups attached to an aromatic ring is 1. The molecule has 15 heavy (non-hydrogen) atoms. The highest BCUT2D eigenvalue weighted by atomic mass is 79.9. The Kier molecular flexibility index (Phi) is 3.57. The Morgan fingerprint density at radius 3 is 2.67 bits per heavy atom. The fourth-order valence-corrected chi connectivity index (χ4v) is 1.70. The van der Waals surface area contributed by atoms with Crippen LogP contribution in [0, 0.1) is 0 Å². The van der Waals surface area contributed by atoms with Crippen molar-refractivity contribution in [2.75, 3.05) is 5.73 Å². The van der Waals surface area contributed by atoms with Crippen molar-refractivity contribution < 1.29 is 18.7 Å². The van der Waals surface area contributed by atoms with Gasteiger partial charge >= 0.3 is 5.97 Å². The predicted octanol–water partition coefficient (Wildman–Crippen LogP) is 1.99. The van der Waals surface area contributed by atoms with Crippen molar-refractivity contribution in [2.24, 2.45) is 0 Å². The summed E-state index contributed by atoms with van der Waals surface area (Å²) in [5, 5.41) is 8.48. The Hall–Kier alpha value is -1.24. The van der Waals surface area contributed by atoms with E-state index in [-0.39, 0.29) is 22.4 Å². The zero-order valence-electron chi connectivity index (χ0n) is 7.38. The molecule has 4 nitrogen and oxygen atoms in total. The lowest BCUT2D eigenvalue weighted by Crippen LogP contribution is -2.07. The Bertz CT molecular complexity index is 375. The van der Waals surface area contributed by atoms with Crippen molar-refractivity contribution in [3.63, 3.8) is 0 Å². The average Bonchev–Trinajstić information content (AvgIpc) is 1.99. The number of hydrogen-bond acceptors (Lipinski definition) is 3. The van der Waals surface area contributed by atoms with Gasteiger partial charge < -0.3 is 10.8 Å². The smallest absolute Gasteiger partial charge is 0.309 e. The summed E-state index contributed by atoms with van der Waals surface area (Å²) in [7, 11) is 0. The number of aliphatic carboxylic acids is 1. The summed E-state index contributed by atoms with van der Waals surface area (Å²) in [5.74, 6) is -1.45. The first-order valence-corrected chi connectivity index (χ1v) is 4.66. The molecule has 0 radical (unpaired) electrons. The van der Waals surface area contributed by atoms with Gasteiger partial charge in [-0.15, -0.1) is 0 Å². The van der Waals surface area contributed by atoms with Gasteiger partial charge in [0.05, 0.1) is 17.7 Å². The quantitative estimate of drug-likeness (QED) is 0.888. The number of nitrogens with two attached hydrogens (primary N) is 1. The lowest BCUT2D eigenvalue weighted by molar-refractivity contribution is -0.136. The molecule has 0 amide bonds. The first-order valence-electron chi connectivity index (χ1n) is 3.86. The van der Waals surface area contributed by atoms with Gasteiger partial charge in [0.1, 0.15) is 5.82 Å². The minimum Gasteiger partial charge on any atom is -0.481 e. The van der Waals surface area contributed by atoms with Crippen molar-refractivity contribution in [1.29, 1.82) is 0 Å². The second kappa shape index (κ2) is 4.52. The third-order valence-corrected chi connectivity index (χ3v) is 2.30. The maximum Gasteiger partial charge on any atom is 0.309 e. The minimum absolute atomic E-state index is 0.0706. The third-order valence-electron chi connectivity index (χ3n) is 1.64. The standard InChI is InChI=1S/C8H7BrF2N2O2/c9-4-1-3(2-5(14)15)13-8(12)6(4)7(10)11/h1,7H,2H2,(H2,12,13)(H,14,15). The Labute approximate surface area is 92.2 Å². The molecule has 0 saturated heterocycles. The number of alkyl halides is 2. The lowest BCUT2D eigenvalue weighted by atomic mass is 10.2. The van der Waals surface area contributed by atoms with Gasteiger partial charge in [-0.25, -0.2) is 13.8 Å². The van der Waals surface area contributed by atoms with Crippen LogP contribution in [0.25, 0.3) is 0 Å². The molecule has 0 atom stereocenters. The molecule has 0 bridgehead atoms. The molecule has 3 N–H and O–H groups in total. The van der Waals surface area contributed by atoms with Crippen LogP contribution < -0.4 is 5.73 Å². The average molecular weight is 281 g/mol. The molecule has 0 aliphatic rings.